The number of benzene rings is 1. The lowest BCUT2D eigenvalue weighted by Gasteiger charge is -2.33. The first-order valence-corrected chi connectivity index (χ1v) is 7.59. The molecule has 122 valence electrons. The maximum absolute atomic E-state index is 12.1. The van der Waals surface area contributed by atoms with Crippen molar-refractivity contribution < 1.29 is 14.3 Å². The highest BCUT2D eigenvalue weighted by Crippen LogP contribution is 2.32. The molecule has 0 bridgehead atoms. The van der Waals surface area contributed by atoms with Gasteiger partial charge in [-0.1, -0.05) is 26.8 Å². The number of amides is 2. The zero-order chi connectivity index (χ0) is 16.4. The highest BCUT2D eigenvalue weighted by atomic mass is 16.7. The average molecular weight is 306 g/mol. The van der Waals surface area contributed by atoms with Gasteiger partial charge in [-0.3, -0.25) is 0 Å². The first kappa shape index (κ1) is 16.5. The number of ether oxygens (including phenoxy) is 2. The van der Waals surface area contributed by atoms with Crippen LogP contribution in [0.5, 0.6) is 11.5 Å². The van der Waals surface area contributed by atoms with Crippen LogP contribution < -0.4 is 20.1 Å². The average Bonchev–Trinajstić information content (AvgIpc) is 2.79. The molecule has 0 radical (unpaired) electrons. The van der Waals surface area contributed by atoms with Gasteiger partial charge in [-0.25, -0.2) is 4.79 Å². The van der Waals surface area contributed by atoms with E-state index in [0.717, 1.165) is 23.5 Å². The summed E-state index contributed by atoms with van der Waals surface area (Å²) in [6.45, 7) is 11.3. The second-order valence-corrected chi connectivity index (χ2v) is 7.62. The minimum absolute atomic E-state index is 0.160. The molecule has 2 rings (SSSR count). The summed E-state index contributed by atoms with van der Waals surface area (Å²) in [5.41, 5.74) is 0.888. The van der Waals surface area contributed by atoms with Gasteiger partial charge in [-0.15, -0.1) is 0 Å². The van der Waals surface area contributed by atoms with Crippen molar-refractivity contribution in [2.45, 2.75) is 53.1 Å². The molecule has 5 nitrogen and oxygen atoms in total. The molecule has 1 heterocycles. The van der Waals surface area contributed by atoms with E-state index in [2.05, 4.69) is 31.4 Å². The van der Waals surface area contributed by atoms with Gasteiger partial charge in [0, 0.05) is 12.1 Å². The van der Waals surface area contributed by atoms with Crippen LogP contribution in [0.1, 0.15) is 46.6 Å². The van der Waals surface area contributed by atoms with Crippen LogP contribution in [-0.2, 0) is 6.54 Å². The number of carbonyl (C=O) groups is 1. The number of nitrogens with one attached hydrogen (secondary N) is 2. The summed E-state index contributed by atoms with van der Waals surface area (Å²) in [6, 6.07) is 5.52. The van der Waals surface area contributed by atoms with Crippen molar-refractivity contribution in [3.63, 3.8) is 0 Å². The number of fused-ring (bicyclic) bond motifs is 1. The Labute approximate surface area is 132 Å². The maximum atomic E-state index is 12.1. The van der Waals surface area contributed by atoms with E-state index in [1.807, 2.05) is 32.0 Å². The predicted molar refractivity (Wildman–Crippen MR) is 86.1 cm³/mol. The molecule has 2 amide bonds. The fraction of sp³-hybridized carbons (Fsp3) is 0.588. The van der Waals surface area contributed by atoms with Crippen molar-refractivity contribution in [2.75, 3.05) is 6.79 Å². The Bertz CT molecular complexity index is 547. The monoisotopic (exact) mass is 306 g/mol. The number of urea groups is 1. The Hall–Kier alpha value is -1.91. The number of carbonyl (C=O) groups excluding carboxylic acids is 1. The highest BCUT2D eigenvalue weighted by Gasteiger charge is 2.26. The van der Waals surface area contributed by atoms with Crippen molar-refractivity contribution in [3.8, 4) is 11.5 Å². The van der Waals surface area contributed by atoms with Gasteiger partial charge in [-0.05, 0) is 43.4 Å². The second kappa shape index (κ2) is 6.07. The van der Waals surface area contributed by atoms with Crippen LogP contribution in [0.3, 0.4) is 0 Å². The van der Waals surface area contributed by atoms with E-state index in [1.54, 1.807) is 0 Å². The largest absolute Gasteiger partial charge is 0.454 e. The van der Waals surface area contributed by atoms with Gasteiger partial charge >= 0.3 is 6.03 Å². The van der Waals surface area contributed by atoms with Crippen molar-refractivity contribution >= 4 is 6.03 Å². The summed E-state index contributed by atoms with van der Waals surface area (Å²) in [5.74, 6) is 1.48. The van der Waals surface area contributed by atoms with Gasteiger partial charge in [-0.2, -0.15) is 0 Å². The van der Waals surface area contributed by atoms with E-state index in [9.17, 15) is 4.79 Å². The van der Waals surface area contributed by atoms with Gasteiger partial charge in [0.2, 0.25) is 6.79 Å². The zero-order valence-electron chi connectivity index (χ0n) is 14.1. The summed E-state index contributed by atoms with van der Waals surface area (Å²) in [7, 11) is 0. The lowest BCUT2D eigenvalue weighted by molar-refractivity contribution is 0.174. The van der Waals surface area contributed by atoms with Gasteiger partial charge in [0.25, 0.3) is 0 Å². The summed E-state index contributed by atoms with van der Waals surface area (Å²) in [4.78, 5) is 12.1. The van der Waals surface area contributed by atoms with Crippen molar-refractivity contribution in [3.05, 3.63) is 23.8 Å². The smallest absolute Gasteiger partial charge is 0.315 e. The van der Waals surface area contributed by atoms with Crippen molar-refractivity contribution in [1.82, 2.24) is 10.6 Å². The van der Waals surface area contributed by atoms with E-state index < -0.39 is 0 Å². The van der Waals surface area contributed by atoms with Crippen molar-refractivity contribution in [2.24, 2.45) is 5.41 Å². The van der Waals surface area contributed by atoms with E-state index in [0.29, 0.717) is 6.54 Å². The molecule has 5 heteroatoms. The molecular weight excluding hydrogens is 280 g/mol. The predicted octanol–water partition coefficient (Wildman–Crippen LogP) is 3.43. The Kier molecular flexibility index (Phi) is 4.54. The number of rotatable bonds is 4. The SMILES string of the molecule is CC(C)(C)CC(C)(C)NC(=O)NCc1ccc2c(c1)OCO2. The van der Waals surface area contributed by atoms with E-state index in [1.165, 1.54) is 0 Å². The van der Waals surface area contributed by atoms with Crippen LogP contribution in [0.2, 0.25) is 0 Å². The molecule has 0 aromatic heterocycles. The van der Waals surface area contributed by atoms with E-state index in [-0.39, 0.29) is 23.8 Å². The normalized spacial score (nSPS) is 13.9. The molecule has 0 aliphatic carbocycles. The number of hydrogen-bond acceptors (Lipinski definition) is 3. The molecule has 2 N–H and O–H groups in total. The van der Waals surface area contributed by atoms with E-state index in [4.69, 9.17) is 9.47 Å². The molecule has 0 unspecified atom stereocenters. The van der Waals surface area contributed by atoms with Gasteiger partial charge < -0.3 is 20.1 Å². The Morgan fingerprint density at radius 2 is 1.82 bits per heavy atom. The molecule has 0 spiro atoms. The molecular formula is C17H26N2O3. The standard InChI is InChI=1S/C17H26N2O3/c1-16(2,3)10-17(4,5)19-15(20)18-9-12-6-7-13-14(8-12)22-11-21-13/h6-8H,9-11H2,1-5H3,(H2,18,19,20). The Morgan fingerprint density at radius 1 is 1.14 bits per heavy atom. The molecule has 0 atom stereocenters. The number of hydrogen-bond donors (Lipinski definition) is 2. The van der Waals surface area contributed by atoms with Crippen LogP contribution in [0.4, 0.5) is 4.79 Å². The van der Waals surface area contributed by atoms with Crippen molar-refractivity contribution in [1.29, 1.82) is 0 Å². The zero-order valence-corrected chi connectivity index (χ0v) is 14.1. The Morgan fingerprint density at radius 3 is 2.50 bits per heavy atom. The van der Waals surface area contributed by atoms with Crippen LogP contribution in [-0.4, -0.2) is 18.4 Å². The van der Waals surface area contributed by atoms with Crippen LogP contribution in [0, 0.1) is 5.41 Å². The topological polar surface area (TPSA) is 59.6 Å². The third-order valence-electron chi connectivity index (χ3n) is 3.31. The minimum Gasteiger partial charge on any atom is -0.454 e. The third kappa shape index (κ3) is 4.83. The lowest BCUT2D eigenvalue weighted by Crippen LogP contribution is -2.49. The molecule has 1 aliphatic heterocycles. The van der Waals surface area contributed by atoms with Crippen LogP contribution in [0.15, 0.2) is 18.2 Å². The van der Waals surface area contributed by atoms with Gasteiger partial charge in [0.1, 0.15) is 0 Å². The fourth-order valence-electron chi connectivity index (χ4n) is 2.95. The molecule has 1 aliphatic rings. The first-order valence-electron chi connectivity index (χ1n) is 7.59. The van der Waals surface area contributed by atoms with Gasteiger partial charge in [0.05, 0.1) is 0 Å². The molecule has 22 heavy (non-hydrogen) atoms. The third-order valence-corrected chi connectivity index (χ3v) is 3.31. The summed E-state index contributed by atoms with van der Waals surface area (Å²) in [5, 5.41) is 5.91. The van der Waals surface area contributed by atoms with Gasteiger partial charge in [0.15, 0.2) is 11.5 Å². The quantitative estimate of drug-likeness (QED) is 0.896. The molecule has 0 saturated carbocycles. The maximum Gasteiger partial charge on any atom is 0.315 e. The minimum atomic E-state index is -0.253. The lowest BCUT2D eigenvalue weighted by atomic mass is 9.82. The first-order chi connectivity index (χ1) is 10.1. The summed E-state index contributed by atoms with van der Waals surface area (Å²) in [6.07, 6.45) is 0.900. The van der Waals surface area contributed by atoms with Crippen LogP contribution >= 0.6 is 0 Å². The second-order valence-electron chi connectivity index (χ2n) is 7.62. The summed E-state index contributed by atoms with van der Waals surface area (Å²) >= 11 is 0. The fourth-order valence-corrected chi connectivity index (χ4v) is 2.95. The van der Waals surface area contributed by atoms with E-state index >= 15 is 0 Å². The Balaban J connectivity index is 1.85. The summed E-state index contributed by atoms with van der Waals surface area (Å²) < 4.78 is 10.6. The molecule has 0 fully saturated rings. The molecule has 0 saturated heterocycles. The van der Waals surface area contributed by atoms with Crippen LogP contribution in [0.25, 0.3) is 0 Å². The molecule has 1 aromatic carbocycles. The highest BCUT2D eigenvalue weighted by molar-refractivity contribution is 5.74. The molecule has 1 aromatic rings.